The molecule has 7 aromatic carbocycles. The number of pyridine rings is 2. The summed E-state index contributed by atoms with van der Waals surface area (Å²) in [6, 6.07) is 40.1. The third kappa shape index (κ3) is 10.7. The number of nitrogens with zero attached hydrogens (tertiary/aromatic N) is 2. The molecule has 0 bridgehead atoms. The Kier molecular flexibility index (Phi) is 14.5. The fraction of sp³-hybridized carbons (Fsp3) is 0.145. The van der Waals surface area contributed by atoms with E-state index in [9.17, 15) is 32.7 Å². The van der Waals surface area contributed by atoms with E-state index in [1.54, 1.807) is 69.6 Å². The summed E-state index contributed by atoms with van der Waals surface area (Å²) < 4.78 is 78.9. The fourth-order valence-corrected chi connectivity index (χ4v) is 7.74. The lowest BCUT2D eigenvalue weighted by Gasteiger charge is -2.14. The molecule has 0 unspecified atom stereocenters. The van der Waals surface area contributed by atoms with Crippen LogP contribution >= 0.6 is 0 Å². The van der Waals surface area contributed by atoms with E-state index < -0.39 is 23.8 Å². The van der Waals surface area contributed by atoms with Crippen LogP contribution < -0.4 is 28.3 Å². The number of hydrogen-bond donors (Lipinski definition) is 1. The molecule has 0 saturated heterocycles. The van der Waals surface area contributed by atoms with Gasteiger partial charge in [-0.1, -0.05) is 54.6 Å². The maximum atomic E-state index is 13.1. The molecule has 16 heteroatoms. The average Bonchev–Trinajstić information content (AvgIpc) is 3.37. The van der Waals surface area contributed by atoms with Crippen molar-refractivity contribution in [1.29, 1.82) is 0 Å². The summed E-state index contributed by atoms with van der Waals surface area (Å²) in [6.07, 6.45) is -2.52. The van der Waals surface area contributed by atoms with Crippen molar-refractivity contribution in [3.63, 3.8) is 0 Å². The molecular formula is C55H44F3N2O11+. The first-order valence-electron chi connectivity index (χ1n) is 22.1. The molecule has 1 N–H and O–H groups in total. The molecule has 0 fully saturated rings. The van der Waals surface area contributed by atoms with Gasteiger partial charge in [-0.3, -0.25) is 4.98 Å². The summed E-state index contributed by atoms with van der Waals surface area (Å²) in [5.41, 5.74) is 2.47. The second-order valence-electron chi connectivity index (χ2n) is 15.5. The molecular weight excluding hydrogens is 922 g/mol. The van der Waals surface area contributed by atoms with Crippen molar-refractivity contribution < 1.29 is 70.4 Å². The third-order valence-electron chi connectivity index (χ3n) is 11.0. The molecule has 2 aromatic heterocycles. The highest BCUT2D eigenvalue weighted by atomic mass is 19.4. The van der Waals surface area contributed by atoms with E-state index in [0.29, 0.717) is 68.4 Å². The van der Waals surface area contributed by atoms with Crippen molar-refractivity contribution in [3.8, 4) is 46.0 Å². The van der Waals surface area contributed by atoms with Crippen LogP contribution in [0.15, 0.2) is 152 Å². The van der Waals surface area contributed by atoms with Crippen LogP contribution in [0.3, 0.4) is 0 Å². The molecule has 0 amide bonds. The van der Waals surface area contributed by atoms with E-state index in [0.717, 1.165) is 39.5 Å². The zero-order chi connectivity index (χ0) is 50.2. The number of carbonyl (C=O) groups is 3. The maximum Gasteiger partial charge on any atom is 0.521 e. The number of alkyl halides is 3. The van der Waals surface area contributed by atoms with Gasteiger partial charge in [0, 0.05) is 29.8 Å². The summed E-state index contributed by atoms with van der Waals surface area (Å²) in [6.45, 7) is 4.48. The van der Waals surface area contributed by atoms with Crippen LogP contribution in [0.1, 0.15) is 44.9 Å². The predicted molar refractivity (Wildman–Crippen MR) is 258 cm³/mol. The third-order valence-corrected chi connectivity index (χ3v) is 11.0. The molecule has 71 heavy (non-hydrogen) atoms. The molecule has 0 aliphatic rings. The Hall–Kier alpha value is -8.92. The standard InChI is InChI=1S/C30H25NO5.C25H18F3NO6/c1-3-34-30(32)24-11-7-10-21-16-22(12-13-23(21)24)36-27-14-15-31-26-18-29(28(33-2)17-25(26)27)35-19-20-8-5-4-6-9-20;1-3-34-23(31)17-6-4-5-14-11-15(7-8-16(14)17)35-21-9-10-29(24(32)25(26,27)28)19-13-20(30)22(33-2)12-18(19)21/h4-18H,3,19H2,1-2H3;4-13H,3H2,1-2H3/p+1. The molecule has 0 radical (unpaired) electrons. The zero-order valence-electron chi connectivity index (χ0n) is 38.6. The number of carbonyl (C=O) groups excluding carboxylic acids is 3. The Bertz CT molecular complexity index is 3460. The van der Waals surface area contributed by atoms with E-state index in [4.69, 9.17) is 33.2 Å². The molecule has 0 atom stereocenters. The number of benzene rings is 7. The Morgan fingerprint density at radius 3 is 1.73 bits per heavy atom. The molecule has 360 valence electrons. The van der Waals surface area contributed by atoms with Gasteiger partial charge in [0.15, 0.2) is 29.2 Å². The van der Waals surface area contributed by atoms with Gasteiger partial charge in [0.05, 0.1) is 55.5 Å². The van der Waals surface area contributed by atoms with Gasteiger partial charge in [0.2, 0.25) is 5.52 Å². The molecule has 13 nitrogen and oxygen atoms in total. The van der Waals surface area contributed by atoms with E-state index in [1.807, 2.05) is 78.9 Å². The topological polar surface area (TPSA) is 153 Å². The lowest BCUT2D eigenvalue weighted by atomic mass is 10.0. The monoisotopic (exact) mass is 965 g/mol. The van der Waals surface area contributed by atoms with Crippen LogP contribution in [-0.4, -0.2) is 61.5 Å². The number of esters is 2. The number of fused-ring (bicyclic) bond motifs is 4. The van der Waals surface area contributed by atoms with Gasteiger partial charge in [-0.05, 0) is 102 Å². The molecule has 0 saturated carbocycles. The van der Waals surface area contributed by atoms with E-state index in [2.05, 4.69) is 4.98 Å². The van der Waals surface area contributed by atoms with Crippen LogP contribution in [0.25, 0.3) is 43.4 Å². The molecule has 9 rings (SSSR count). The first kappa shape index (κ1) is 48.5. The van der Waals surface area contributed by atoms with Crippen molar-refractivity contribution in [2.75, 3.05) is 27.4 Å². The van der Waals surface area contributed by atoms with E-state index in [-0.39, 0.29) is 35.0 Å². The van der Waals surface area contributed by atoms with E-state index in [1.165, 1.54) is 19.2 Å². The number of aromatic hydroxyl groups is 1. The number of phenolic OH excluding ortho intramolecular Hbond substituents is 1. The number of halogens is 3. The second-order valence-corrected chi connectivity index (χ2v) is 15.5. The lowest BCUT2D eigenvalue weighted by molar-refractivity contribution is -0.559. The minimum Gasteiger partial charge on any atom is -0.504 e. The lowest BCUT2D eigenvalue weighted by Crippen LogP contribution is -2.51. The van der Waals surface area contributed by atoms with Crippen molar-refractivity contribution in [1.82, 2.24) is 4.98 Å². The number of ether oxygens (including phenoxy) is 7. The highest BCUT2D eigenvalue weighted by Crippen LogP contribution is 2.40. The fourth-order valence-electron chi connectivity index (χ4n) is 7.74. The SMILES string of the molecule is CCOC(=O)c1cccc2cc(Oc3cc[n+](C(=O)C(F)(F)F)c4cc(O)c(OC)cc34)ccc12.CCOC(=O)c1cccc2cc(Oc3ccnc4cc(OCc5ccccc5)c(OC)cc34)ccc12. The van der Waals surface area contributed by atoms with Crippen LogP contribution in [-0.2, 0) is 16.1 Å². The highest BCUT2D eigenvalue weighted by Gasteiger charge is 2.48. The first-order chi connectivity index (χ1) is 34.3. The minimum absolute atomic E-state index is 0.0165. The maximum absolute atomic E-state index is 13.1. The highest BCUT2D eigenvalue weighted by molar-refractivity contribution is 6.06. The van der Waals surface area contributed by atoms with Gasteiger partial charge in [0.1, 0.15) is 29.6 Å². The van der Waals surface area contributed by atoms with Gasteiger partial charge < -0.3 is 38.3 Å². The van der Waals surface area contributed by atoms with E-state index >= 15 is 0 Å². The van der Waals surface area contributed by atoms with Gasteiger partial charge in [-0.2, -0.15) is 13.2 Å². The Balaban J connectivity index is 0.000000191. The molecule has 2 heterocycles. The van der Waals surface area contributed by atoms with Crippen LogP contribution in [0.2, 0.25) is 0 Å². The number of aromatic nitrogens is 2. The Morgan fingerprint density at radius 1 is 0.592 bits per heavy atom. The van der Waals surface area contributed by atoms with Gasteiger partial charge in [0.25, 0.3) is 0 Å². The predicted octanol–water partition coefficient (Wildman–Crippen LogP) is 12.1. The molecule has 0 spiro atoms. The zero-order valence-corrected chi connectivity index (χ0v) is 38.6. The summed E-state index contributed by atoms with van der Waals surface area (Å²) in [4.78, 5) is 41.0. The van der Waals surface area contributed by atoms with Crippen molar-refractivity contribution >= 4 is 61.2 Å². The summed E-state index contributed by atoms with van der Waals surface area (Å²) in [5, 5.41) is 14.0. The smallest absolute Gasteiger partial charge is 0.504 e. The van der Waals surface area contributed by atoms with Crippen LogP contribution in [0.5, 0.6) is 46.0 Å². The quantitative estimate of drug-likeness (QED) is 0.0864. The van der Waals surface area contributed by atoms with Crippen LogP contribution in [0, 0.1) is 0 Å². The Labute approximate surface area is 404 Å². The number of methoxy groups -OCH3 is 2. The van der Waals surface area contributed by atoms with Crippen LogP contribution in [0.4, 0.5) is 13.2 Å². The number of hydrogen-bond acceptors (Lipinski definition) is 12. The summed E-state index contributed by atoms with van der Waals surface area (Å²) >= 11 is 0. The Morgan fingerprint density at radius 2 is 1.17 bits per heavy atom. The van der Waals surface area contributed by atoms with Crippen molar-refractivity contribution in [2.24, 2.45) is 0 Å². The first-order valence-corrected chi connectivity index (χ1v) is 22.1. The van der Waals surface area contributed by atoms with Gasteiger partial charge >= 0.3 is 24.0 Å². The molecule has 0 aliphatic heterocycles. The summed E-state index contributed by atoms with van der Waals surface area (Å²) in [7, 11) is 2.89. The second kappa shape index (κ2) is 21.2. The van der Waals surface area contributed by atoms with Crippen molar-refractivity contribution in [2.45, 2.75) is 26.6 Å². The largest absolute Gasteiger partial charge is 0.521 e. The minimum atomic E-state index is -5.13. The summed E-state index contributed by atoms with van der Waals surface area (Å²) in [5.74, 6) is -0.484. The molecule has 9 aromatic rings. The number of rotatable bonds is 13. The van der Waals surface area contributed by atoms with Gasteiger partial charge in [-0.15, -0.1) is 4.57 Å². The van der Waals surface area contributed by atoms with Crippen molar-refractivity contribution in [3.05, 3.63) is 169 Å². The van der Waals surface area contributed by atoms with Gasteiger partial charge in [-0.25, -0.2) is 14.4 Å². The normalized spacial score (nSPS) is 11.1. The average molecular weight is 966 g/mol. The number of phenols is 1. The molecule has 0 aliphatic carbocycles.